The number of rotatable bonds is 5. The zero-order valence-electron chi connectivity index (χ0n) is 22.9. The molecule has 1 unspecified atom stereocenters. The summed E-state index contributed by atoms with van der Waals surface area (Å²) >= 11 is 7.75. The number of halogens is 4. The fourth-order valence-electron chi connectivity index (χ4n) is 3.78. The van der Waals surface area contributed by atoms with Gasteiger partial charge < -0.3 is 24.4 Å². The molecule has 2 amide bonds. The van der Waals surface area contributed by atoms with Gasteiger partial charge in [-0.05, 0) is 51.1 Å². The molecule has 3 aromatic rings. The van der Waals surface area contributed by atoms with Crippen molar-refractivity contribution >= 4 is 40.9 Å². The van der Waals surface area contributed by atoms with Crippen LogP contribution in [-0.4, -0.2) is 81.9 Å². The molecule has 1 saturated heterocycles. The Labute approximate surface area is 249 Å². The van der Waals surface area contributed by atoms with Crippen molar-refractivity contribution in [3.05, 3.63) is 70.8 Å². The van der Waals surface area contributed by atoms with Gasteiger partial charge in [0.15, 0.2) is 0 Å². The van der Waals surface area contributed by atoms with Crippen molar-refractivity contribution < 1.29 is 42.1 Å². The maximum absolute atomic E-state index is 13.6. The number of carbonyl (C=O) groups is 3. The number of piperazine rings is 1. The lowest BCUT2D eigenvalue weighted by atomic mass is 10.1. The summed E-state index contributed by atoms with van der Waals surface area (Å²) in [5.41, 5.74) is 0.294. The Kier molecular flexibility index (Phi) is 10.8. The fourth-order valence-corrected chi connectivity index (χ4v) is 5.08. The first-order valence-corrected chi connectivity index (χ1v) is 13.8. The number of carbonyl (C=O) groups excluding carboxylic acids is 2. The molecule has 1 fully saturated rings. The molecule has 1 atom stereocenters. The molecule has 2 aromatic heterocycles. The minimum absolute atomic E-state index is 0.100. The topological polar surface area (TPSA) is 109 Å². The average Bonchev–Trinajstić information content (AvgIpc) is 3.41. The standard InChI is InChI=1S/C26H28ClN3O4S.C2HF3O2/c1-26(2,3)34-25(32)29-13-14-30(18(16-29)17-33-19-7-6-12-28-15-19)24(31)23-11-10-22(35-23)20-8-4-5-9-21(20)27;3-2(4,5)1(6)7/h4-12,15,18H,13-14,16-17H2,1-3H3;(H,6,7). The van der Waals surface area contributed by atoms with E-state index in [1.807, 2.05) is 63.2 Å². The molecule has 226 valence electrons. The number of carboxylic acids is 1. The monoisotopic (exact) mass is 627 g/mol. The highest BCUT2D eigenvalue weighted by Crippen LogP contribution is 2.34. The van der Waals surface area contributed by atoms with Crippen LogP contribution in [0.2, 0.25) is 5.02 Å². The van der Waals surface area contributed by atoms with Gasteiger partial charge in [-0.1, -0.05) is 29.8 Å². The summed E-state index contributed by atoms with van der Waals surface area (Å²) in [6.45, 7) is 6.79. The average molecular weight is 628 g/mol. The summed E-state index contributed by atoms with van der Waals surface area (Å²) < 4.78 is 43.2. The summed E-state index contributed by atoms with van der Waals surface area (Å²) in [5, 5.41) is 7.77. The SMILES string of the molecule is CC(C)(C)OC(=O)N1CCN(C(=O)c2ccc(-c3ccccc3Cl)s2)C(COc2cccnc2)C1.O=C(O)C(F)(F)F. The van der Waals surface area contributed by atoms with Crippen LogP contribution in [0, 0.1) is 0 Å². The van der Waals surface area contributed by atoms with Gasteiger partial charge in [0.2, 0.25) is 0 Å². The largest absolute Gasteiger partial charge is 0.490 e. The second-order valence-electron chi connectivity index (χ2n) is 10.0. The Morgan fingerprint density at radius 1 is 1.07 bits per heavy atom. The van der Waals surface area contributed by atoms with Crippen molar-refractivity contribution in [1.82, 2.24) is 14.8 Å². The predicted molar refractivity (Wildman–Crippen MR) is 151 cm³/mol. The quantitative estimate of drug-likeness (QED) is 0.357. The number of amides is 2. The zero-order chi connectivity index (χ0) is 31.1. The van der Waals surface area contributed by atoms with Crippen LogP contribution in [0.5, 0.6) is 5.75 Å². The van der Waals surface area contributed by atoms with E-state index in [-0.39, 0.29) is 18.6 Å². The molecule has 9 nitrogen and oxygen atoms in total. The van der Waals surface area contributed by atoms with Gasteiger partial charge in [0.1, 0.15) is 18.0 Å². The van der Waals surface area contributed by atoms with Gasteiger partial charge >= 0.3 is 18.2 Å². The van der Waals surface area contributed by atoms with Gasteiger partial charge in [0.05, 0.1) is 17.1 Å². The minimum Gasteiger partial charge on any atom is -0.490 e. The lowest BCUT2D eigenvalue weighted by Gasteiger charge is -2.41. The molecule has 14 heteroatoms. The number of pyridine rings is 1. The molecule has 42 heavy (non-hydrogen) atoms. The van der Waals surface area contributed by atoms with Crippen LogP contribution in [0.4, 0.5) is 18.0 Å². The van der Waals surface area contributed by atoms with E-state index in [1.165, 1.54) is 11.3 Å². The number of ether oxygens (including phenoxy) is 2. The molecular weight excluding hydrogens is 599 g/mol. The molecule has 1 aromatic carbocycles. The van der Waals surface area contributed by atoms with Crippen LogP contribution in [0.15, 0.2) is 60.9 Å². The number of thiophene rings is 1. The van der Waals surface area contributed by atoms with Crippen molar-refractivity contribution in [2.24, 2.45) is 0 Å². The Morgan fingerprint density at radius 2 is 1.76 bits per heavy atom. The summed E-state index contributed by atoms with van der Waals surface area (Å²) in [5.74, 6) is -2.25. The molecule has 0 saturated carbocycles. The van der Waals surface area contributed by atoms with E-state index in [0.717, 1.165) is 10.4 Å². The minimum atomic E-state index is -5.08. The zero-order valence-corrected chi connectivity index (χ0v) is 24.5. The number of aliphatic carboxylic acids is 1. The van der Waals surface area contributed by atoms with Crippen LogP contribution in [0.1, 0.15) is 30.4 Å². The molecule has 3 heterocycles. The van der Waals surface area contributed by atoms with E-state index < -0.39 is 23.8 Å². The number of benzene rings is 1. The maximum atomic E-state index is 13.6. The summed E-state index contributed by atoms with van der Waals surface area (Å²) in [7, 11) is 0. The normalized spacial score (nSPS) is 15.4. The van der Waals surface area contributed by atoms with E-state index in [1.54, 1.807) is 28.3 Å². The third-order valence-corrected chi connectivity index (χ3v) is 7.11. The van der Waals surface area contributed by atoms with Crippen molar-refractivity contribution in [1.29, 1.82) is 0 Å². The van der Waals surface area contributed by atoms with Crippen molar-refractivity contribution in [3.8, 4) is 16.2 Å². The van der Waals surface area contributed by atoms with Gasteiger partial charge in [-0.25, -0.2) is 9.59 Å². The fraction of sp³-hybridized carbons (Fsp3) is 0.357. The third-order valence-electron chi connectivity index (χ3n) is 5.67. The summed E-state index contributed by atoms with van der Waals surface area (Å²) in [4.78, 5) is 44.2. The van der Waals surface area contributed by atoms with Gasteiger partial charge in [0.25, 0.3) is 5.91 Å². The second kappa shape index (κ2) is 13.9. The lowest BCUT2D eigenvalue weighted by molar-refractivity contribution is -0.192. The van der Waals surface area contributed by atoms with Crippen molar-refractivity contribution in [2.75, 3.05) is 26.2 Å². The molecule has 4 rings (SSSR count). The van der Waals surface area contributed by atoms with Gasteiger partial charge in [-0.15, -0.1) is 11.3 Å². The molecule has 1 aliphatic heterocycles. The highest BCUT2D eigenvalue weighted by molar-refractivity contribution is 7.17. The first kappa shape index (κ1) is 32.7. The van der Waals surface area contributed by atoms with E-state index >= 15 is 0 Å². The molecule has 0 bridgehead atoms. The maximum Gasteiger partial charge on any atom is 0.490 e. The number of carboxylic acid groups (broad SMARTS) is 1. The third kappa shape index (κ3) is 9.35. The van der Waals surface area contributed by atoms with Crippen LogP contribution in [0.3, 0.4) is 0 Å². The highest BCUT2D eigenvalue weighted by atomic mass is 35.5. The second-order valence-corrected chi connectivity index (χ2v) is 11.5. The number of nitrogens with zero attached hydrogens (tertiary/aromatic N) is 3. The molecular formula is C28H29ClF3N3O6S. The molecule has 0 spiro atoms. The summed E-state index contributed by atoms with van der Waals surface area (Å²) in [6, 6.07) is 14.5. The van der Waals surface area contributed by atoms with Gasteiger partial charge in [-0.2, -0.15) is 13.2 Å². The predicted octanol–water partition coefficient (Wildman–Crippen LogP) is 6.24. The Bertz CT molecular complexity index is 1380. The van der Waals surface area contributed by atoms with Crippen LogP contribution in [-0.2, 0) is 9.53 Å². The van der Waals surface area contributed by atoms with Crippen molar-refractivity contribution in [2.45, 2.75) is 38.6 Å². The van der Waals surface area contributed by atoms with Crippen LogP contribution >= 0.6 is 22.9 Å². The lowest BCUT2D eigenvalue weighted by Crippen LogP contribution is -2.58. The first-order chi connectivity index (χ1) is 19.7. The molecule has 0 aliphatic carbocycles. The van der Waals surface area contributed by atoms with E-state index in [0.29, 0.717) is 35.3 Å². The molecule has 1 aliphatic rings. The Morgan fingerprint density at radius 3 is 2.36 bits per heavy atom. The highest BCUT2D eigenvalue weighted by Gasteiger charge is 2.38. The van der Waals surface area contributed by atoms with Crippen LogP contribution in [0.25, 0.3) is 10.4 Å². The number of hydrogen-bond acceptors (Lipinski definition) is 7. The Balaban J connectivity index is 0.000000616. The van der Waals surface area contributed by atoms with Crippen LogP contribution < -0.4 is 4.74 Å². The van der Waals surface area contributed by atoms with Crippen molar-refractivity contribution in [3.63, 3.8) is 0 Å². The molecule has 0 radical (unpaired) electrons. The van der Waals surface area contributed by atoms with Gasteiger partial charge in [-0.3, -0.25) is 9.78 Å². The van der Waals surface area contributed by atoms with Gasteiger partial charge in [0, 0.05) is 41.3 Å². The molecule has 1 N–H and O–H groups in total. The first-order valence-electron chi connectivity index (χ1n) is 12.6. The Hall–Kier alpha value is -3.84. The van der Waals surface area contributed by atoms with E-state index in [9.17, 15) is 22.8 Å². The number of aromatic nitrogens is 1. The summed E-state index contributed by atoms with van der Waals surface area (Å²) in [6.07, 6.45) is -2.19. The number of hydrogen-bond donors (Lipinski definition) is 1. The number of alkyl halides is 3. The smallest absolute Gasteiger partial charge is 0.490 e. The van der Waals surface area contributed by atoms with E-state index in [4.69, 9.17) is 31.0 Å². The van der Waals surface area contributed by atoms with E-state index in [2.05, 4.69) is 4.98 Å².